The molecule has 7 atom stereocenters. The smallest absolute Gasteiger partial charge is 0.410 e. The Labute approximate surface area is 321 Å². The first-order chi connectivity index (χ1) is 26.0. The van der Waals surface area contributed by atoms with Gasteiger partial charge in [0.05, 0.1) is 11.4 Å². The van der Waals surface area contributed by atoms with Gasteiger partial charge in [0.25, 0.3) is 15.9 Å². The third-order valence-electron chi connectivity index (χ3n) is 10.8. The summed E-state index contributed by atoms with van der Waals surface area (Å²) in [5, 5.41) is 5.47. The second kappa shape index (κ2) is 15.8. The lowest BCUT2D eigenvalue weighted by atomic mass is 9.91. The van der Waals surface area contributed by atoms with E-state index in [1.54, 1.807) is 58.0 Å². The molecule has 3 N–H and O–H groups in total. The lowest BCUT2D eigenvalue weighted by molar-refractivity contribution is -0.141. The minimum atomic E-state index is -4.32. The van der Waals surface area contributed by atoms with Crippen LogP contribution in [0.1, 0.15) is 71.3 Å². The molecule has 5 aliphatic rings. The molecule has 1 aromatic rings. The lowest BCUT2D eigenvalue weighted by Gasteiger charge is -2.30. The third kappa shape index (κ3) is 9.05. The first kappa shape index (κ1) is 39.9. The van der Waals surface area contributed by atoms with Crippen LogP contribution in [0.25, 0.3) is 0 Å². The zero-order valence-corrected chi connectivity index (χ0v) is 32.4. The minimum Gasteiger partial charge on any atom is -0.444 e. The molecule has 14 nitrogen and oxygen atoms in total. The summed E-state index contributed by atoms with van der Waals surface area (Å²) in [6, 6.07) is 3.86. The number of hydrogen-bond donors (Lipinski definition) is 3. The Kier molecular flexibility index (Phi) is 11.5. The van der Waals surface area contributed by atoms with E-state index in [9.17, 15) is 36.8 Å². The van der Waals surface area contributed by atoms with Crippen LogP contribution in [0.2, 0.25) is 0 Å². The molecule has 6 rings (SSSR count). The van der Waals surface area contributed by atoms with Crippen molar-refractivity contribution in [2.75, 3.05) is 19.6 Å². The molecule has 0 radical (unpaired) electrons. The normalized spacial score (nSPS) is 30.3. The molecule has 16 heteroatoms. The van der Waals surface area contributed by atoms with Crippen LogP contribution in [0.3, 0.4) is 0 Å². The highest BCUT2D eigenvalue weighted by Gasteiger charge is 2.62. The number of fused-ring (bicyclic) bond motifs is 3. The molecule has 55 heavy (non-hydrogen) atoms. The van der Waals surface area contributed by atoms with E-state index in [4.69, 9.17) is 9.47 Å². The Morgan fingerprint density at radius 2 is 1.80 bits per heavy atom. The average Bonchev–Trinajstić information content (AvgIpc) is 3.40. The van der Waals surface area contributed by atoms with Crippen molar-refractivity contribution in [1.29, 1.82) is 0 Å². The van der Waals surface area contributed by atoms with Crippen LogP contribution in [-0.4, -0.2) is 97.1 Å². The number of sulfonamides is 1. The van der Waals surface area contributed by atoms with E-state index in [1.165, 1.54) is 21.9 Å². The Balaban J connectivity index is 1.26. The molecule has 3 fully saturated rings. The summed E-state index contributed by atoms with van der Waals surface area (Å²) < 4.78 is 54.8. The van der Waals surface area contributed by atoms with Gasteiger partial charge in [0, 0.05) is 37.3 Å². The number of amides is 5. The molecule has 2 saturated heterocycles. The number of carbonyl (C=O) groups is 5. The summed E-state index contributed by atoms with van der Waals surface area (Å²) >= 11 is 0. The predicted octanol–water partition coefficient (Wildman–Crippen LogP) is 4.17. The van der Waals surface area contributed by atoms with E-state index < -0.39 is 81.1 Å². The fraction of sp³-hybridized carbons (Fsp3) is 0.564. The number of carbonyl (C=O) groups excluding carboxylic acids is 5. The van der Waals surface area contributed by atoms with Gasteiger partial charge in [0.1, 0.15) is 35.2 Å². The summed E-state index contributed by atoms with van der Waals surface area (Å²) in [4.78, 5) is 71.6. The van der Waals surface area contributed by atoms with E-state index in [2.05, 4.69) is 15.4 Å². The molecule has 5 amide bonds. The number of benzene rings is 1. The van der Waals surface area contributed by atoms with Crippen molar-refractivity contribution in [3.05, 3.63) is 66.0 Å². The number of alkyl carbamates (subject to hydrolysis) is 1. The first-order valence-corrected chi connectivity index (χ1v) is 20.4. The predicted molar refractivity (Wildman–Crippen MR) is 198 cm³/mol. The fourth-order valence-corrected chi connectivity index (χ4v) is 9.12. The Morgan fingerprint density at radius 3 is 2.53 bits per heavy atom. The molecule has 7 unspecified atom stereocenters. The number of rotatable bonds is 5. The van der Waals surface area contributed by atoms with Crippen LogP contribution < -0.4 is 15.4 Å². The molecule has 298 valence electrons. The van der Waals surface area contributed by atoms with Gasteiger partial charge in [-0.05, 0) is 71.1 Å². The molecule has 0 aromatic heterocycles. The molecule has 2 aliphatic carbocycles. The molecular weight excluding hydrogens is 734 g/mol. The topological polar surface area (TPSA) is 181 Å². The maximum Gasteiger partial charge on any atom is 0.410 e. The molecule has 1 saturated carbocycles. The zero-order valence-electron chi connectivity index (χ0n) is 31.6. The molecule has 0 bridgehead atoms. The molecule has 3 heterocycles. The fourth-order valence-electron chi connectivity index (χ4n) is 7.84. The van der Waals surface area contributed by atoms with Gasteiger partial charge in [-0.1, -0.05) is 55.3 Å². The van der Waals surface area contributed by atoms with E-state index >= 15 is 0 Å². The minimum absolute atomic E-state index is 0.0799. The summed E-state index contributed by atoms with van der Waals surface area (Å²) in [7, 11) is -4.32. The highest BCUT2D eigenvalue weighted by atomic mass is 32.2. The summed E-state index contributed by atoms with van der Waals surface area (Å²) in [6.07, 6.45) is 8.89. The first-order valence-electron chi connectivity index (χ1n) is 18.9. The van der Waals surface area contributed by atoms with Crippen LogP contribution >= 0.6 is 0 Å². The second-order valence-electron chi connectivity index (χ2n) is 16.1. The number of nitrogens with zero attached hydrogens (tertiary/aromatic N) is 2. The van der Waals surface area contributed by atoms with Crippen molar-refractivity contribution in [2.45, 2.75) is 107 Å². The number of nitrogens with one attached hydrogen (secondary N) is 3. The quantitative estimate of drug-likeness (QED) is 0.370. The number of halogens is 1. The molecule has 0 spiro atoms. The van der Waals surface area contributed by atoms with Gasteiger partial charge in [-0.25, -0.2) is 27.1 Å². The van der Waals surface area contributed by atoms with Gasteiger partial charge in [0.2, 0.25) is 11.8 Å². The van der Waals surface area contributed by atoms with E-state index in [0.29, 0.717) is 24.8 Å². The average molecular weight is 784 g/mol. The SMILES string of the molecule is Cc1ccccc1S(=O)(=O)NC(=O)C12CC1/C=C\CCCCCC(NC(=O)OC(C)(C)C)C(=O)N1CC(OC(=O)N3CC4C=CC=C(F)C4C3)CC1C(=O)N2. The number of ether oxygens (including phenoxy) is 2. The van der Waals surface area contributed by atoms with Crippen molar-refractivity contribution >= 4 is 39.9 Å². The van der Waals surface area contributed by atoms with E-state index in [0.717, 1.165) is 6.42 Å². The maximum atomic E-state index is 14.5. The van der Waals surface area contributed by atoms with Crippen molar-refractivity contribution in [1.82, 2.24) is 25.2 Å². The summed E-state index contributed by atoms with van der Waals surface area (Å²) in [6.45, 7) is 6.83. The van der Waals surface area contributed by atoms with Gasteiger partial charge in [0.15, 0.2) is 0 Å². The van der Waals surface area contributed by atoms with Crippen LogP contribution in [0, 0.1) is 24.7 Å². The van der Waals surface area contributed by atoms with Crippen LogP contribution in [0.4, 0.5) is 14.0 Å². The molecule has 1 aromatic carbocycles. The standard InChI is InChI=1S/C39H50FN5O9S/c1-24-13-10-11-18-32(24)55(51,52)43-35(48)39-20-26(39)15-8-6-5-7-9-17-30(41-36(49)54-38(2,3)4)34(47)45-22-27(19-31(45)33(46)42-39)53-37(50)44-21-25-14-12-16-29(40)28(25)23-44/h8,10-16,18,25-28,30-31H,5-7,9,17,19-23H2,1-4H3,(H,41,49)(H,42,46)(H,43,48)/b15-8-. The maximum absolute atomic E-state index is 14.5. The van der Waals surface area contributed by atoms with Gasteiger partial charge >= 0.3 is 12.2 Å². The Hall–Kier alpha value is -4.73. The molecular formula is C39H50FN5O9S. The van der Waals surface area contributed by atoms with Crippen molar-refractivity contribution < 1.29 is 46.3 Å². The van der Waals surface area contributed by atoms with E-state index in [-0.39, 0.29) is 55.5 Å². The Bertz CT molecular complexity index is 1910. The molecule has 3 aliphatic heterocycles. The van der Waals surface area contributed by atoms with Crippen molar-refractivity contribution in [3.63, 3.8) is 0 Å². The summed E-state index contributed by atoms with van der Waals surface area (Å²) in [5.41, 5.74) is -2.06. The highest BCUT2D eigenvalue weighted by Crippen LogP contribution is 2.46. The monoisotopic (exact) mass is 783 g/mol. The lowest BCUT2D eigenvalue weighted by Crippen LogP contribution is -2.58. The number of allylic oxidation sites excluding steroid dienone is 3. The highest BCUT2D eigenvalue weighted by molar-refractivity contribution is 7.90. The largest absolute Gasteiger partial charge is 0.444 e. The van der Waals surface area contributed by atoms with Crippen molar-refractivity contribution in [2.24, 2.45) is 17.8 Å². The second-order valence-corrected chi connectivity index (χ2v) is 17.7. The Morgan fingerprint density at radius 1 is 1.04 bits per heavy atom. The zero-order chi connectivity index (χ0) is 39.7. The van der Waals surface area contributed by atoms with Gasteiger partial charge in [-0.15, -0.1) is 0 Å². The summed E-state index contributed by atoms with van der Waals surface area (Å²) in [5.74, 6) is -3.81. The van der Waals surface area contributed by atoms with Crippen LogP contribution in [-0.2, 0) is 33.9 Å². The van der Waals surface area contributed by atoms with Gasteiger partial charge < -0.3 is 29.9 Å². The van der Waals surface area contributed by atoms with Crippen LogP contribution in [0.5, 0.6) is 0 Å². The number of aryl methyl sites for hydroxylation is 1. The van der Waals surface area contributed by atoms with Gasteiger partial charge in [-0.2, -0.15) is 0 Å². The number of hydrogen-bond acceptors (Lipinski definition) is 9. The van der Waals surface area contributed by atoms with E-state index in [1.807, 2.05) is 12.2 Å². The number of likely N-dealkylation sites (tertiary alicyclic amines) is 1. The van der Waals surface area contributed by atoms with Crippen molar-refractivity contribution in [3.8, 4) is 0 Å². The van der Waals surface area contributed by atoms with Gasteiger partial charge in [-0.3, -0.25) is 14.4 Å². The van der Waals surface area contributed by atoms with Crippen LogP contribution in [0.15, 0.2) is 65.4 Å². The third-order valence-corrected chi connectivity index (χ3v) is 12.3.